The van der Waals surface area contributed by atoms with E-state index in [4.69, 9.17) is 4.74 Å². The van der Waals surface area contributed by atoms with E-state index in [9.17, 15) is 4.79 Å². The van der Waals surface area contributed by atoms with Gasteiger partial charge in [-0.15, -0.1) is 0 Å². The Morgan fingerprint density at radius 2 is 1.71 bits per heavy atom. The van der Waals surface area contributed by atoms with Crippen molar-refractivity contribution in [2.24, 2.45) is 17.8 Å². The maximum absolute atomic E-state index is 12.4. The molecule has 5 rings (SSSR count). The van der Waals surface area contributed by atoms with E-state index in [0.717, 1.165) is 30.8 Å². The Morgan fingerprint density at radius 1 is 1.10 bits per heavy atom. The second-order valence-corrected chi connectivity index (χ2v) is 7.84. The van der Waals surface area contributed by atoms with Crippen molar-refractivity contribution < 1.29 is 9.53 Å². The van der Waals surface area contributed by atoms with Gasteiger partial charge >= 0.3 is 6.03 Å². The molecule has 5 nitrogen and oxygen atoms in total. The molecule has 0 spiro atoms. The fourth-order valence-electron chi connectivity index (χ4n) is 5.76. The predicted molar refractivity (Wildman–Crippen MR) is 80.0 cm³/mol. The van der Waals surface area contributed by atoms with E-state index in [1.54, 1.807) is 7.11 Å². The quantitative estimate of drug-likeness (QED) is 0.734. The number of hydrogen-bond acceptors (Lipinski definition) is 3. The fraction of sp³-hybridized carbons (Fsp3) is 0.938. The van der Waals surface area contributed by atoms with Crippen LogP contribution in [0.2, 0.25) is 0 Å². The first kappa shape index (κ1) is 13.8. The number of hydrogen-bond donors (Lipinski definition) is 3. The zero-order chi connectivity index (χ0) is 14.4. The molecule has 4 saturated carbocycles. The highest BCUT2D eigenvalue weighted by atomic mass is 16.5. The van der Waals surface area contributed by atoms with Crippen LogP contribution < -0.4 is 16.0 Å². The van der Waals surface area contributed by atoms with Gasteiger partial charge in [0.25, 0.3) is 0 Å². The van der Waals surface area contributed by atoms with Gasteiger partial charge in [-0.05, 0) is 56.3 Å². The molecule has 118 valence electrons. The van der Waals surface area contributed by atoms with E-state index in [0.29, 0.717) is 0 Å². The molecule has 3 N–H and O–H groups in total. The van der Waals surface area contributed by atoms with Gasteiger partial charge in [-0.2, -0.15) is 0 Å². The van der Waals surface area contributed by atoms with E-state index >= 15 is 0 Å². The lowest BCUT2D eigenvalue weighted by molar-refractivity contribution is -0.0139. The number of carbonyl (C=O) groups excluding carboxylic acids is 1. The highest BCUT2D eigenvalue weighted by molar-refractivity contribution is 5.75. The summed E-state index contributed by atoms with van der Waals surface area (Å²) in [4.78, 5) is 12.4. The largest absolute Gasteiger partial charge is 0.378 e. The van der Waals surface area contributed by atoms with Crippen LogP contribution in [0.3, 0.4) is 0 Å². The number of ether oxygens (including phenoxy) is 1. The molecule has 2 amide bonds. The van der Waals surface area contributed by atoms with Gasteiger partial charge in [-0.25, -0.2) is 4.79 Å². The van der Waals surface area contributed by atoms with Crippen molar-refractivity contribution in [3.63, 3.8) is 0 Å². The van der Waals surface area contributed by atoms with Crippen LogP contribution in [0.4, 0.5) is 4.79 Å². The van der Waals surface area contributed by atoms with Crippen LogP contribution in [-0.2, 0) is 4.74 Å². The molecule has 1 heterocycles. The number of amides is 2. The first-order chi connectivity index (χ1) is 10.2. The lowest BCUT2D eigenvalue weighted by Crippen LogP contribution is -2.62. The van der Waals surface area contributed by atoms with Gasteiger partial charge < -0.3 is 20.7 Å². The van der Waals surface area contributed by atoms with Crippen molar-refractivity contribution in [3.8, 4) is 0 Å². The molecule has 5 aliphatic rings. The molecule has 1 unspecified atom stereocenters. The second kappa shape index (κ2) is 5.13. The summed E-state index contributed by atoms with van der Waals surface area (Å²) in [6.07, 6.45) is 7.89. The fourth-order valence-corrected chi connectivity index (χ4v) is 5.76. The van der Waals surface area contributed by atoms with Crippen LogP contribution in [0.15, 0.2) is 0 Å². The van der Waals surface area contributed by atoms with Crippen molar-refractivity contribution in [2.75, 3.05) is 20.2 Å². The minimum absolute atomic E-state index is 0.00713. The lowest BCUT2D eigenvalue weighted by atomic mass is 9.53. The summed E-state index contributed by atoms with van der Waals surface area (Å²) in [5.74, 6) is 2.57. The molecule has 0 radical (unpaired) electrons. The number of methoxy groups -OCH3 is 1. The minimum atomic E-state index is 0.00713. The van der Waals surface area contributed by atoms with Crippen molar-refractivity contribution in [1.29, 1.82) is 0 Å². The highest BCUT2D eigenvalue weighted by Crippen LogP contribution is 2.55. The van der Waals surface area contributed by atoms with E-state index in [2.05, 4.69) is 16.0 Å². The Labute approximate surface area is 126 Å². The standard InChI is InChI=1S/C16H27N3O2/c1-21-14-9-17-8-13(14)18-15(20)19-16-5-10-2-11(6-16)4-12(3-10)7-16/h10-14,17H,2-9H2,1H3,(H2,18,19,20)/t10?,11?,12?,13?,14-,16?/m0/s1. The molecule has 21 heavy (non-hydrogen) atoms. The Kier molecular flexibility index (Phi) is 3.38. The van der Waals surface area contributed by atoms with E-state index in [1.807, 2.05) is 0 Å². The van der Waals surface area contributed by atoms with Crippen LogP contribution in [0.5, 0.6) is 0 Å². The van der Waals surface area contributed by atoms with Crippen LogP contribution in [-0.4, -0.2) is 43.9 Å². The number of nitrogens with one attached hydrogen (secondary N) is 3. The molecule has 0 aromatic rings. The molecule has 5 heteroatoms. The zero-order valence-electron chi connectivity index (χ0n) is 12.9. The van der Waals surface area contributed by atoms with Gasteiger partial charge in [0, 0.05) is 25.7 Å². The summed E-state index contributed by atoms with van der Waals surface area (Å²) in [5, 5.41) is 9.75. The molecule has 2 atom stereocenters. The second-order valence-electron chi connectivity index (χ2n) is 7.84. The van der Waals surface area contributed by atoms with Crippen molar-refractivity contribution in [1.82, 2.24) is 16.0 Å². The third-order valence-electron chi connectivity index (χ3n) is 6.19. The third-order valence-corrected chi connectivity index (χ3v) is 6.19. The SMILES string of the molecule is CO[C@H]1CNCC1NC(=O)NC12CC3CC(CC(C3)C1)C2. The first-order valence-corrected chi connectivity index (χ1v) is 8.48. The van der Waals surface area contributed by atoms with Gasteiger partial charge in [0.2, 0.25) is 0 Å². The van der Waals surface area contributed by atoms with E-state index < -0.39 is 0 Å². The molecular formula is C16H27N3O2. The van der Waals surface area contributed by atoms with Gasteiger partial charge in [0.1, 0.15) is 0 Å². The predicted octanol–water partition coefficient (Wildman–Crippen LogP) is 1.24. The van der Waals surface area contributed by atoms with Crippen molar-refractivity contribution >= 4 is 6.03 Å². The maximum Gasteiger partial charge on any atom is 0.315 e. The van der Waals surface area contributed by atoms with Gasteiger partial charge in [-0.1, -0.05) is 0 Å². The Bertz CT molecular complexity index is 390. The van der Waals surface area contributed by atoms with Crippen LogP contribution >= 0.6 is 0 Å². The summed E-state index contributed by atoms with van der Waals surface area (Å²) < 4.78 is 5.41. The molecular weight excluding hydrogens is 266 g/mol. The number of urea groups is 1. The summed E-state index contributed by atoms with van der Waals surface area (Å²) in [6.45, 7) is 1.62. The Hall–Kier alpha value is -0.810. The minimum Gasteiger partial charge on any atom is -0.378 e. The van der Waals surface area contributed by atoms with Crippen LogP contribution in [0.25, 0.3) is 0 Å². The summed E-state index contributed by atoms with van der Waals surface area (Å²) in [6, 6.07) is 0.0941. The summed E-state index contributed by atoms with van der Waals surface area (Å²) >= 11 is 0. The molecule has 0 aromatic heterocycles. The third kappa shape index (κ3) is 2.55. The maximum atomic E-state index is 12.4. The lowest BCUT2D eigenvalue weighted by Gasteiger charge is -2.56. The topological polar surface area (TPSA) is 62.4 Å². The smallest absolute Gasteiger partial charge is 0.315 e. The average molecular weight is 293 g/mol. The molecule has 5 fully saturated rings. The van der Waals surface area contributed by atoms with E-state index in [-0.39, 0.29) is 23.7 Å². The Balaban J connectivity index is 1.38. The van der Waals surface area contributed by atoms with Crippen LogP contribution in [0.1, 0.15) is 38.5 Å². The van der Waals surface area contributed by atoms with Gasteiger partial charge in [-0.3, -0.25) is 0 Å². The first-order valence-electron chi connectivity index (χ1n) is 8.48. The average Bonchev–Trinajstić information content (AvgIpc) is 2.83. The van der Waals surface area contributed by atoms with Crippen molar-refractivity contribution in [3.05, 3.63) is 0 Å². The molecule has 1 saturated heterocycles. The van der Waals surface area contributed by atoms with Crippen LogP contribution in [0, 0.1) is 17.8 Å². The summed E-state index contributed by atoms with van der Waals surface area (Å²) in [7, 11) is 1.71. The normalized spacial score (nSPS) is 47.6. The Morgan fingerprint density at radius 3 is 2.29 bits per heavy atom. The van der Waals surface area contributed by atoms with E-state index in [1.165, 1.54) is 38.5 Å². The summed E-state index contributed by atoms with van der Waals surface area (Å²) in [5.41, 5.74) is 0.0907. The number of carbonyl (C=O) groups is 1. The zero-order valence-corrected chi connectivity index (χ0v) is 12.9. The molecule has 4 aliphatic carbocycles. The van der Waals surface area contributed by atoms with Gasteiger partial charge in [0.15, 0.2) is 0 Å². The number of rotatable bonds is 3. The molecule has 4 bridgehead atoms. The highest BCUT2D eigenvalue weighted by Gasteiger charge is 2.51. The van der Waals surface area contributed by atoms with Gasteiger partial charge in [0.05, 0.1) is 12.1 Å². The molecule has 0 aromatic carbocycles. The van der Waals surface area contributed by atoms with Crippen molar-refractivity contribution in [2.45, 2.75) is 56.2 Å². The molecule has 1 aliphatic heterocycles. The monoisotopic (exact) mass is 293 g/mol.